The lowest BCUT2D eigenvalue weighted by Gasteiger charge is -2.28. The molecule has 0 radical (unpaired) electrons. The molecule has 0 bridgehead atoms. The fourth-order valence-electron chi connectivity index (χ4n) is 4.01. The van der Waals surface area contributed by atoms with Crippen LogP contribution in [0.2, 0.25) is 0 Å². The predicted molar refractivity (Wildman–Crippen MR) is 108 cm³/mol. The third-order valence-corrected chi connectivity index (χ3v) is 6.23. The molecular formula is C20H24N4O2S. The fourth-order valence-corrected chi connectivity index (χ4v) is 5.04. The van der Waals surface area contributed by atoms with E-state index < -0.39 is 0 Å². The smallest absolute Gasteiger partial charge is 0.341 e. The Morgan fingerprint density at radius 2 is 2.19 bits per heavy atom. The predicted octanol–water partition coefficient (Wildman–Crippen LogP) is 4.16. The van der Waals surface area contributed by atoms with Crippen molar-refractivity contribution in [1.82, 2.24) is 14.8 Å². The first-order valence-corrected chi connectivity index (χ1v) is 10.1. The van der Waals surface area contributed by atoms with Crippen molar-refractivity contribution in [2.45, 2.75) is 39.7 Å². The summed E-state index contributed by atoms with van der Waals surface area (Å²) in [6, 6.07) is 4.64. The van der Waals surface area contributed by atoms with Gasteiger partial charge in [-0.1, -0.05) is 0 Å². The van der Waals surface area contributed by atoms with Crippen LogP contribution in [-0.2, 0) is 11.8 Å². The van der Waals surface area contributed by atoms with Crippen molar-refractivity contribution in [3.63, 3.8) is 0 Å². The summed E-state index contributed by atoms with van der Waals surface area (Å²) in [5.41, 5.74) is 3.12. The molecule has 142 valence electrons. The Bertz CT molecular complexity index is 1010. The minimum atomic E-state index is -0.321. The maximum atomic E-state index is 12.7. The number of fused-ring (bicyclic) bond motifs is 1. The molecule has 0 N–H and O–H groups in total. The second-order valence-electron chi connectivity index (χ2n) is 6.95. The first kappa shape index (κ1) is 18.0. The van der Waals surface area contributed by atoms with Gasteiger partial charge in [-0.2, -0.15) is 5.10 Å². The minimum Gasteiger partial charge on any atom is -0.462 e. The van der Waals surface area contributed by atoms with Gasteiger partial charge in [0.15, 0.2) is 5.65 Å². The van der Waals surface area contributed by atoms with E-state index in [0.29, 0.717) is 12.2 Å². The molecular weight excluding hydrogens is 360 g/mol. The number of anilines is 1. The third kappa shape index (κ3) is 3.00. The van der Waals surface area contributed by atoms with Gasteiger partial charge < -0.3 is 9.64 Å². The number of ether oxygens (including phenoxy) is 1. The van der Waals surface area contributed by atoms with Crippen LogP contribution >= 0.6 is 11.3 Å². The number of hydrogen-bond acceptors (Lipinski definition) is 6. The molecule has 3 aromatic rings. The maximum Gasteiger partial charge on any atom is 0.341 e. The molecule has 1 aliphatic heterocycles. The summed E-state index contributed by atoms with van der Waals surface area (Å²) < 4.78 is 7.12. The van der Waals surface area contributed by atoms with E-state index in [9.17, 15) is 4.79 Å². The van der Waals surface area contributed by atoms with Crippen molar-refractivity contribution in [2.24, 2.45) is 7.05 Å². The van der Waals surface area contributed by atoms with E-state index in [1.807, 2.05) is 32.2 Å². The number of aryl methyl sites for hydroxylation is 3. The number of carbonyl (C=O) groups is 1. The Labute approximate surface area is 162 Å². The molecule has 0 aliphatic carbocycles. The Morgan fingerprint density at radius 3 is 2.89 bits per heavy atom. The number of aromatic nitrogens is 3. The summed E-state index contributed by atoms with van der Waals surface area (Å²) in [4.78, 5) is 22.2. The highest BCUT2D eigenvalue weighted by Gasteiger charge is 2.33. The third-order valence-electron chi connectivity index (χ3n) is 5.12. The second kappa shape index (κ2) is 6.96. The summed E-state index contributed by atoms with van der Waals surface area (Å²) in [5, 5.41) is 5.50. The molecule has 6 nitrogen and oxygen atoms in total. The van der Waals surface area contributed by atoms with Crippen molar-refractivity contribution >= 4 is 34.0 Å². The number of hydrogen-bond donors (Lipinski definition) is 0. The van der Waals surface area contributed by atoms with Crippen molar-refractivity contribution in [1.29, 1.82) is 0 Å². The highest BCUT2D eigenvalue weighted by atomic mass is 32.1. The van der Waals surface area contributed by atoms with Crippen LogP contribution < -0.4 is 4.90 Å². The normalized spacial score (nSPS) is 17.0. The summed E-state index contributed by atoms with van der Waals surface area (Å²) in [5.74, 6) is -0.321. The molecule has 1 saturated heterocycles. The van der Waals surface area contributed by atoms with Gasteiger partial charge in [0.2, 0.25) is 0 Å². The number of pyridine rings is 1. The molecule has 1 unspecified atom stereocenters. The molecule has 4 rings (SSSR count). The molecule has 1 atom stereocenters. The van der Waals surface area contributed by atoms with Gasteiger partial charge in [0.1, 0.15) is 5.56 Å². The minimum absolute atomic E-state index is 0.266. The second-order valence-corrected chi connectivity index (χ2v) is 8.27. The zero-order valence-corrected chi connectivity index (χ0v) is 17.0. The first-order chi connectivity index (χ1) is 13.0. The van der Waals surface area contributed by atoms with E-state index in [4.69, 9.17) is 4.74 Å². The number of esters is 1. The van der Waals surface area contributed by atoms with Crippen LogP contribution in [0.25, 0.3) is 11.0 Å². The molecule has 1 aliphatic rings. The standard InChI is InChI=1S/C20H24N4O2S/c1-5-26-20(25)14-11-21-19-17(13(3)22-23(19)4)18(14)24-10-6-7-15(24)16-9-8-12(2)27-16/h8-9,11,15H,5-7,10H2,1-4H3. The van der Waals surface area contributed by atoms with E-state index in [1.165, 1.54) is 9.75 Å². The molecule has 1 fully saturated rings. The first-order valence-electron chi connectivity index (χ1n) is 9.33. The van der Waals surface area contributed by atoms with Gasteiger partial charge in [0.05, 0.1) is 29.4 Å². The van der Waals surface area contributed by atoms with Crippen molar-refractivity contribution in [3.8, 4) is 0 Å². The summed E-state index contributed by atoms with van der Waals surface area (Å²) in [6.45, 7) is 7.18. The average molecular weight is 385 g/mol. The Kier molecular flexibility index (Phi) is 4.63. The summed E-state index contributed by atoms with van der Waals surface area (Å²) in [6.07, 6.45) is 3.81. The quantitative estimate of drug-likeness (QED) is 0.632. The van der Waals surface area contributed by atoms with E-state index in [0.717, 1.165) is 41.8 Å². The van der Waals surface area contributed by atoms with Crippen LogP contribution in [0.3, 0.4) is 0 Å². The largest absolute Gasteiger partial charge is 0.462 e. The fraction of sp³-hybridized carbons (Fsp3) is 0.450. The maximum absolute atomic E-state index is 12.7. The topological polar surface area (TPSA) is 60.2 Å². The van der Waals surface area contributed by atoms with Crippen LogP contribution in [0.1, 0.15) is 51.6 Å². The highest BCUT2D eigenvalue weighted by molar-refractivity contribution is 7.12. The molecule has 3 aromatic heterocycles. The van der Waals surface area contributed by atoms with Crippen molar-refractivity contribution in [3.05, 3.63) is 39.3 Å². The molecule has 0 amide bonds. The van der Waals surface area contributed by atoms with Crippen molar-refractivity contribution < 1.29 is 9.53 Å². The molecule has 0 aromatic carbocycles. The zero-order valence-electron chi connectivity index (χ0n) is 16.2. The van der Waals surface area contributed by atoms with Crippen LogP contribution in [0, 0.1) is 13.8 Å². The van der Waals surface area contributed by atoms with E-state index >= 15 is 0 Å². The lowest BCUT2D eigenvalue weighted by atomic mass is 10.1. The van der Waals surface area contributed by atoms with E-state index in [2.05, 4.69) is 34.0 Å². The molecule has 0 spiro atoms. The Balaban J connectivity index is 1.92. The Hall–Kier alpha value is -2.41. The number of thiophene rings is 1. The average Bonchev–Trinajstić information content (AvgIpc) is 3.34. The van der Waals surface area contributed by atoms with Crippen LogP contribution in [0.15, 0.2) is 18.3 Å². The number of rotatable bonds is 4. The monoisotopic (exact) mass is 384 g/mol. The van der Waals surface area contributed by atoms with Gasteiger partial charge in [-0.05, 0) is 45.7 Å². The molecule has 4 heterocycles. The van der Waals surface area contributed by atoms with Gasteiger partial charge in [0.25, 0.3) is 0 Å². The van der Waals surface area contributed by atoms with E-state index in [1.54, 1.807) is 10.9 Å². The number of nitrogens with zero attached hydrogens (tertiary/aromatic N) is 4. The van der Waals surface area contributed by atoms with Gasteiger partial charge in [-0.25, -0.2) is 9.78 Å². The Morgan fingerprint density at radius 1 is 1.37 bits per heavy atom. The highest BCUT2D eigenvalue weighted by Crippen LogP contribution is 2.43. The molecule has 0 saturated carbocycles. The SMILES string of the molecule is CCOC(=O)c1cnc2c(c(C)nn2C)c1N1CCCC1c1ccc(C)s1. The van der Waals surface area contributed by atoms with Crippen molar-refractivity contribution in [2.75, 3.05) is 18.1 Å². The number of carbonyl (C=O) groups excluding carboxylic acids is 1. The van der Waals surface area contributed by atoms with Gasteiger partial charge in [-0.3, -0.25) is 4.68 Å². The van der Waals surface area contributed by atoms with Gasteiger partial charge in [-0.15, -0.1) is 11.3 Å². The van der Waals surface area contributed by atoms with Gasteiger partial charge in [0, 0.05) is 29.5 Å². The van der Waals surface area contributed by atoms with Crippen LogP contribution in [0.4, 0.5) is 5.69 Å². The van der Waals surface area contributed by atoms with Gasteiger partial charge >= 0.3 is 5.97 Å². The molecule has 7 heteroatoms. The lowest BCUT2D eigenvalue weighted by molar-refractivity contribution is 0.0527. The van der Waals surface area contributed by atoms with Crippen LogP contribution in [-0.4, -0.2) is 33.9 Å². The van der Waals surface area contributed by atoms with Crippen LogP contribution in [0.5, 0.6) is 0 Å². The summed E-state index contributed by atoms with van der Waals surface area (Å²) in [7, 11) is 1.89. The van der Waals surface area contributed by atoms with E-state index in [-0.39, 0.29) is 12.0 Å². The lowest BCUT2D eigenvalue weighted by Crippen LogP contribution is -2.25. The summed E-state index contributed by atoms with van der Waals surface area (Å²) >= 11 is 1.83. The molecule has 27 heavy (non-hydrogen) atoms. The zero-order chi connectivity index (χ0) is 19.1.